The highest BCUT2D eigenvalue weighted by Gasteiger charge is 2.32. The molecular formula is C13H20F3N3O2S. The third-order valence-electron chi connectivity index (χ3n) is 3.65. The van der Waals surface area contributed by atoms with Crippen molar-refractivity contribution >= 4 is 23.7 Å². The van der Waals surface area contributed by atoms with Gasteiger partial charge in [0.2, 0.25) is 5.91 Å². The molecular weight excluding hydrogens is 319 g/mol. The van der Waals surface area contributed by atoms with Crippen molar-refractivity contribution in [3.63, 3.8) is 0 Å². The molecule has 1 unspecified atom stereocenters. The number of carbonyl (C=O) groups is 2. The summed E-state index contributed by atoms with van der Waals surface area (Å²) in [7, 11) is 0. The number of rotatable bonds is 5. The highest BCUT2D eigenvalue weighted by molar-refractivity contribution is 8.00. The Bertz CT molecular complexity index is 416. The molecule has 1 aliphatic heterocycles. The van der Waals surface area contributed by atoms with E-state index in [1.165, 1.54) is 4.90 Å². The fourth-order valence-electron chi connectivity index (χ4n) is 2.36. The van der Waals surface area contributed by atoms with Crippen molar-refractivity contribution in [3.05, 3.63) is 0 Å². The third kappa shape index (κ3) is 5.94. The summed E-state index contributed by atoms with van der Waals surface area (Å²) in [5.74, 6) is -0.452. The molecule has 1 aliphatic carbocycles. The molecule has 0 aromatic heterocycles. The summed E-state index contributed by atoms with van der Waals surface area (Å²) in [6, 6.07) is -0.109. The molecule has 1 atom stereocenters. The minimum absolute atomic E-state index is 0.0207. The van der Waals surface area contributed by atoms with Crippen molar-refractivity contribution in [1.82, 2.24) is 15.5 Å². The maximum atomic E-state index is 12.0. The van der Waals surface area contributed by atoms with Crippen LogP contribution in [-0.4, -0.2) is 53.8 Å². The van der Waals surface area contributed by atoms with Gasteiger partial charge in [-0.05, 0) is 37.4 Å². The SMILES string of the molecule is O=C(NC1CC1)C1CCCN(C(=O)NCCSC(F)(F)F)C1. The van der Waals surface area contributed by atoms with Gasteiger partial charge in [-0.1, -0.05) is 0 Å². The Morgan fingerprint density at radius 3 is 2.59 bits per heavy atom. The molecule has 0 bridgehead atoms. The monoisotopic (exact) mass is 339 g/mol. The molecule has 2 N–H and O–H groups in total. The second kappa shape index (κ2) is 7.43. The van der Waals surface area contributed by atoms with Gasteiger partial charge in [0.15, 0.2) is 0 Å². The highest BCUT2D eigenvalue weighted by Crippen LogP contribution is 2.29. The Morgan fingerprint density at radius 1 is 1.23 bits per heavy atom. The standard InChI is InChI=1S/C13H20F3N3O2S/c14-13(15,16)22-7-5-17-12(21)19-6-1-2-9(8-19)11(20)18-10-3-4-10/h9-10H,1-8H2,(H,17,21)(H,18,20). The summed E-state index contributed by atoms with van der Waals surface area (Å²) in [5, 5.41) is 5.40. The number of hydrogen-bond donors (Lipinski definition) is 2. The average Bonchev–Trinajstić information content (AvgIpc) is 3.26. The number of alkyl halides is 3. The number of nitrogens with zero attached hydrogens (tertiary/aromatic N) is 1. The molecule has 0 aromatic rings. The van der Waals surface area contributed by atoms with Crippen LogP contribution in [-0.2, 0) is 4.79 Å². The number of amides is 3. The predicted molar refractivity (Wildman–Crippen MR) is 77.4 cm³/mol. The summed E-state index contributed by atoms with van der Waals surface area (Å²) in [6.45, 7) is 0.820. The van der Waals surface area contributed by atoms with Crippen molar-refractivity contribution in [2.24, 2.45) is 5.92 Å². The zero-order valence-electron chi connectivity index (χ0n) is 12.1. The maximum absolute atomic E-state index is 12.0. The summed E-state index contributed by atoms with van der Waals surface area (Å²) in [6.07, 6.45) is 3.50. The van der Waals surface area contributed by atoms with Crippen molar-refractivity contribution in [2.45, 2.75) is 37.2 Å². The minimum atomic E-state index is -4.28. The normalized spacial score (nSPS) is 22.3. The van der Waals surface area contributed by atoms with E-state index in [2.05, 4.69) is 10.6 Å². The Morgan fingerprint density at radius 2 is 1.95 bits per heavy atom. The Hall–Kier alpha value is -1.12. The van der Waals surface area contributed by atoms with E-state index in [0.29, 0.717) is 13.1 Å². The summed E-state index contributed by atoms with van der Waals surface area (Å²) >= 11 is -0.156. The van der Waals surface area contributed by atoms with Gasteiger partial charge in [0, 0.05) is 31.4 Å². The topological polar surface area (TPSA) is 61.4 Å². The molecule has 1 heterocycles. The number of thioether (sulfide) groups is 1. The molecule has 9 heteroatoms. The average molecular weight is 339 g/mol. The smallest absolute Gasteiger partial charge is 0.353 e. The lowest BCUT2D eigenvalue weighted by molar-refractivity contribution is -0.126. The number of halogens is 3. The van der Waals surface area contributed by atoms with E-state index < -0.39 is 11.5 Å². The first kappa shape index (κ1) is 17.2. The summed E-state index contributed by atoms with van der Waals surface area (Å²) in [4.78, 5) is 25.4. The van der Waals surface area contributed by atoms with Crippen molar-refractivity contribution in [2.75, 3.05) is 25.4 Å². The largest absolute Gasteiger partial charge is 0.441 e. The molecule has 2 fully saturated rings. The third-order valence-corrected chi connectivity index (χ3v) is 4.38. The van der Waals surface area contributed by atoms with Gasteiger partial charge in [-0.25, -0.2) is 4.79 Å². The Kier molecular flexibility index (Phi) is 5.82. The molecule has 2 aliphatic rings. The van der Waals surface area contributed by atoms with Gasteiger partial charge >= 0.3 is 11.5 Å². The summed E-state index contributed by atoms with van der Waals surface area (Å²) < 4.78 is 35.9. The zero-order chi connectivity index (χ0) is 16.2. The molecule has 1 saturated carbocycles. The maximum Gasteiger partial charge on any atom is 0.441 e. The number of hydrogen-bond acceptors (Lipinski definition) is 3. The molecule has 0 radical (unpaired) electrons. The highest BCUT2D eigenvalue weighted by atomic mass is 32.2. The van der Waals surface area contributed by atoms with Crippen molar-refractivity contribution in [1.29, 1.82) is 0 Å². The molecule has 0 spiro atoms. The van der Waals surface area contributed by atoms with E-state index in [1.807, 2.05) is 0 Å². The molecule has 2 rings (SSSR count). The summed E-state index contributed by atoms with van der Waals surface area (Å²) in [5.41, 5.74) is -4.28. The first-order chi connectivity index (χ1) is 10.3. The number of piperidine rings is 1. The molecule has 3 amide bonds. The minimum Gasteiger partial charge on any atom is -0.353 e. The van der Waals surface area contributed by atoms with Gasteiger partial charge in [0.05, 0.1) is 5.92 Å². The first-order valence-corrected chi connectivity index (χ1v) is 8.37. The van der Waals surface area contributed by atoms with E-state index in [4.69, 9.17) is 0 Å². The first-order valence-electron chi connectivity index (χ1n) is 7.39. The Labute approximate surface area is 131 Å². The van der Waals surface area contributed by atoms with Crippen LogP contribution in [0.25, 0.3) is 0 Å². The second-order valence-corrected chi connectivity index (χ2v) is 6.75. The Balaban J connectivity index is 1.69. The molecule has 22 heavy (non-hydrogen) atoms. The van der Waals surface area contributed by atoms with E-state index in [0.717, 1.165) is 25.7 Å². The van der Waals surface area contributed by atoms with Gasteiger partial charge < -0.3 is 15.5 Å². The molecule has 1 saturated heterocycles. The number of nitrogens with one attached hydrogen (secondary N) is 2. The van der Waals surface area contributed by atoms with Crippen LogP contribution in [0.2, 0.25) is 0 Å². The van der Waals surface area contributed by atoms with Crippen molar-refractivity contribution < 1.29 is 22.8 Å². The van der Waals surface area contributed by atoms with Crippen LogP contribution in [0, 0.1) is 5.92 Å². The van der Waals surface area contributed by atoms with Crippen LogP contribution in [0.15, 0.2) is 0 Å². The van der Waals surface area contributed by atoms with Gasteiger partial charge in [-0.15, -0.1) is 0 Å². The van der Waals surface area contributed by atoms with E-state index >= 15 is 0 Å². The van der Waals surface area contributed by atoms with Crippen LogP contribution >= 0.6 is 11.8 Å². The number of likely N-dealkylation sites (tertiary alicyclic amines) is 1. The van der Waals surface area contributed by atoms with E-state index in [-0.39, 0.29) is 41.9 Å². The van der Waals surface area contributed by atoms with Gasteiger partial charge in [0.1, 0.15) is 0 Å². The van der Waals surface area contributed by atoms with E-state index in [9.17, 15) is 22.8 Å². The molecule has 126 valence electrons. The second-order valence-electron chi connectivity index (χ2n) is 5.59. The van der Waals surface area contributed by atoms with Gasteiger partial charge in [0.25, 0.3) is 0 Å². The van der Waals surface area contributed by atoms with Crippen LogP contribution in [0.5, 0.6) is 0 Å². The molecule has 0 aromatic carbocycles. The lowest BCUT2D eigenvalue weighted by Gasteiger charge is -2.32. The van der Waals surface area contributed by atoms with Gasteiger partial charge in [-0.3, -0.25) is 4.79 Å². The number of carbonyl (C=O) groups excluding carboxylic acids is 2. The lowest BCUT2D eigenvalue weighted by Crippen LogP contribution is -2.49. The van der Waals surface area contributed by atoms with E-state index in [1.54, 1.807) is 0 Å². The fourth-order valence-corrected chi connectivity index (χ4v) is 2.79. The number of urea groups is 1. The van der Waals surface area contributed by atoms with Gasteiger partial charge in [-0.2, -0.15) is 13.2 Å². The molecule has 5 nitrogen and oxygen atoms in total. The quantitative estimate of drug-likeness (QED) is 0.753. The van der Waals surface area contributed by atoms with Crippen LogP contribution in [0.3, 0.4) is 0 Å². The van der Waals surface area contributed by atoms with Crippen LogP contribution < -0.4 is 10.6 Å². The fraction of sp³-hybridized carbons (Fsp3) is 0.846. The van der Waals surface area contributed by atoms with Crippen LogP contribution in [0.1, 0.15) is 25.7 Å². The van der Waals surface area contributed by atoms with Crippen molar-refractivity contribution in [3.8, 4) is 0 Å². The zero-order valence-corrected chi connectivity index (χ0v) is 12.9. The lowest BCUT2D eigenvalue weighted by atomic mass is 9.97. The predicted octanol–water partition coefficient (Wildman–Crippen LogP) is 1.94. The van der Waals surface area contributed by atoms with Crippen LogP contribution in [0.4, 0.5) is 18.0 Å².